The number of amides is 3. The van der Waals surface area contributed by atoms with E-state index < -0.39 is 61.6 Å². The maximum absolute atomic E-state index is 13.9. The van der Waals surface area contributed by atoms with E-state index in [4.69, 9.17) is 10.5 Å². The first-order valence-corrected chi connectivity index (χ1v) is 20.5. The van der Waals surface area contributed by atoms with E-state index in [1.54, 1.807) is 4.90 Å². The number of benzene rings is 1. The molecule has 3 amide bonds. The van der Waals surface area contributed by atoms with E-state index in [2.05, 4.69) is 24.5 Å². The molecule has 0 unspecified atom stereocenters. The van der Waals surface area contributed by atoms with Crippen LogP contribution < -0.4 is 16.4 Å². The Bertz CT molecular complexity index is 1090. The number of carbonyl (C=O) groups excluding carboxylic acids is 3. The van der Waals surface area contributed by atoms with Gasteiger partial charge in [-0.3, -0.25) is 14.4 Å². The summed E-state index contributed by atoms with van der Waals surface area (Å²) in [5, 5.41) is 37.3. The number of unbranched alkanes of at least 4 members (excludes halogenated alkanes) is 17. The van der Waals surface area contributed by atoms with Crippen LogP contribution in [0.15, 0.2) is 30.3 Å². The number of nitrogens with two attached hydrogens (primary N) is 1. The van der Waals surface area contributed by atoms with Gasteiger partial charge in [0, 0.05) is 13.0 Å². The van der Waals surface area contributed by atoms with E-state index in [1.807, 2.05) is 30.3 Å². The molecule has 11 nitrogen and oxygen atoms in total. The summed E-state index contributed by atoms with van der Waals surface area (Å²) >= 11 is 0. The predicted molar refractivity (Wildman–Crippen MR) is 206 cm³/mol. The SMILES string of the molecule is CCCCCCCCCCCCN(C(=O)CCCCCCCCCCC)[C@@H]1O[C@H](CO)[C@@H](O)[C@H](O)[C@H]1NC(=O)CNC(=O)[C@@H](N)Cc1ccccc1. The van der Waals surface area contributed by atoms with Gasteiger partial charge < -0.3 is 41.3 Å². The van der Waals surface area contributed by atoms with Crippen molar-refractivity contribution in [3.05, 3.63) is 35.9 Å². The van der Waals surface area contributed by atoms with Crippen LogP contribution in [0, 0.1) is 0 Å². The maximum Gasteiger partial charge on any atom is 0.239 e. The minimum atomic E-state index is -1.52. The van der Waals surface area contributed by atoms with E-state index in [1.165, 1.54) is 70.6 Å². The van der Waals surface area contributed by atoms with Crippen LogP contribution in [0.2, 0.25) is 0 Å². The topological polar surface area (TPSA) is 174 Å². The van der Waals surface area contributed by atoms with Crippen LogP contribution >= 0.6 is 0 Å². The molecule has 1 aliphatic heterocycles. The highest BCUT2D eigenvalue weighted by Crippen LogP contribution is 2.26. The molecular weight excluding hydrogens is 660 g/mol. The molecular formula is C41H72N4O7. The molecule has 2 rings (SSSR count). The Labute approximate surface area is 313 Å². The van der Waals surface area contributed by atoms with Crippen molar-refractivity contribution >= 4 is 17.7 Å². The van der Waals surface area contributed by atoms with Crippen molar-refractivity contribution in [2.45, 2.75) is 185 Å². The summed E-state index contributed by atoms with van der Waals surface area (Å²) in [6.07, 6.45) is 16.8. The Morgan fingerprint density at radius 1 is 0.769 bits per heavy atom. The van der Waals surface area contributed by atoms with Crippen molar-refractivity contribution < 1.29 is 34.4 Å². The zero-order chi connectivity index (χ0) is 38.0. The second-order valence-corrected chi connectivity index (χ2v) is 14.7. The molecule has 1 saturated heterocycles. The lowest BCUT2D eigenvalue weighted by Gasteiger charge is -2.47. The van der Waals surface area contributed by atoms with E-state index in [-0.39, 0.29) is 5.91 Å². The highest BCUT2D eigenvalue weighted by atomic mass is 16.5. The van der Waals surface area contributed by atoms with Crippen LogP contribution in [0.1, 0.15) is 148 Å². The fourth-order valence-corrected chi connectivity index (χ4v) is 6.91. The van der Waals surface area contributed by atoms with Gasteiger partial charge in [-0.2, -0.15) is 0 Å². The van der Waals surface area contributed by atoms with Crippen LogP contribution in [0.4, 0.5) is 0 Å². The lowest BCUT2D eigenvalue weighted by molar-refractivity contribution is -0.231. The first kappa shape index (κ1) is 45.6. The molecule has 7 N–H and O–H groups in total. The minimum absolute atomic E-state index is 0.149. The molecule has 52 heavy (non-hydrogen) atoms. The van der Waals surface area contributed by atoms with Gasteiger partial charge in [-0.05, 0) is 24.8 Å². The number of nitrogens with zero attached hydrogens (tertiary/aromatic N) is 1. The van der Waals surface area contributed by atoms with Gasteiger partial charge in [0.05, 0.1) is 19.2 Å². The van der Waals surface area contributed by atoms with Gasteiger partial charge in [0.15, 0.2) is 6.23 Å². The molecule has 1 heterocycles. The molecule has 1 aromatic rings. The van der Waals surface area contributed by atoms with Crippen molar-refractivity contribution in [1.82, 2.24) is 15.5 Å². The zero-order valence-electron chi connectivity index (χ0n) is 32.3. The second kappa shape index (κ2) is 28.0. The maximum atomic E-state index is 13.9. The Balaban J connectivity index is 2.05. The first-order chi connectivity index (χ1) is 25.2. The fourth-order valence-electron chi connectivity index (χ4n) is 6.91. The second-order valence-electron chi connectivity index (χ2n) is 14.7. The van der Waals surface area contributed by atoms with Crippen molar-refractivity contribution in [2.24, 2.45) is 5.73 Å². The largest absolute Gasteiger partial charge is 0.394 e. The monoisotopic (exact) mass is 733 g/mol. The van der Waals surface area contributed by atoms with Crippen LogP contribution in [-0.4, -0.2) is 94.3 Å². The minimum Gasteiger partial charge on any atom is -0.394 e. The number of aliphatic hydroxyl groups excluding tert-OH is 3. The normalized spacial score (nSPS) is 20.7. The Hall–Kier alpha value is -2.57. The molecule has 0 spiro atoms. The molecule has 298 valence electrons. The number of ether oxygens (including phenoxy) is 1. The summed E-state index contributed by atoms with van der Waals surface area (Å²) in [4.78, 5) is 41.3. The average molecular weight is 733 g/mol. The Kier molecular flexibility index (Phi) is 24.5. The molecule has 1 aromatic carbocycles. The third-order valence-corrected chi connectivity index (χ3v) is 10.2. The van der Waals surface area contributed by atoms with Gasteiger partial charge in [-0.1, -0.05) is 153 Å². The fraction of sp³-hybridized carbons (Fsp3) is 0.780. The molecule has 1 aliphatic rings. The molecule has 0 radical (unpaired) electrons. The van der Waals surface area contributed by atoms with Crippen LogP contribution in [0.5, 0.6) is 0 Å². The smallest absolute Gasteiger partial charge is 0.239 e. The standard InChI is InChI=1S/C41H72N4O7/c1-3-5-7-9-11-13-15-17-19-24-28-45(36(48)27-23-18-16-14-12-10-8-6-4-2)41-37(39(50)38(49)34(31-46)52-41)44-35(47)30-43-40(51)33(42)29-32-25-21-20-22-26-32/h20-22,25-26,33-34,37-39,41,46,49-50H,3-19,23-24,27-31,42H2,1-2H3,(H,43,51)(H,44,47)/t33-,34+,37+,38+,39+,41+/m0/s1. The van der Waals surface area contributed by atoms with Crippen molar-refractivity contribution in [2.75, 3.05) is 19.7 Å². The third-order valence-electron chi connectivity index (χ3n) is 10.2. The van der Waals surface area contributed by atoms with Crippen molar-refractivity contribution in [3.63, 3.8) is 0 Å². The molecule has 11 heteroatoms. The Morgan fingerprint density at radius 3 is 1.83 bits per heavy atom. The average Bonchev–Trinajstić information content (AvgIpc) is 3.14. The summed E-state index contributed by atoms with van der Waals surface area (Å²) in [5.41, 5.74) is 6.97. The molecule has 0 aromatic heterocycles. The summed E-state index contributed by atoms with van der Waals surface area (Å²) in [7, 11) is 0. The lowest BCUT2D eigenvalue weighted by atomic mass is 9.94. The van der Waals surface area contributed by atoms with E-state index in [9.17, 15) is 29.7 Å². The molecule has 0 bridgehead atoms. The lowest BCUT2D eigenvalue weighted by Crippen LogP contribution is -2.69. The van der Waals surface area contributed by atoms with Gasteiger partial charge in [0.1, 0.15) is 24.4 Å². The molecule has 0 aliphatic carbocycles. The van der Waals surface area contributed by atoms with Crippen molar-refractivity contribution in [3.8, 4) is 0 Å². The third kappa shape index (κ3) is 18.0. The van der Waals surface area contributed by atoms with Gasteiger partial charge in [0.25, 0.3) is 0 Å². The number of aliphatic hydroxyl groups is 3. The number of hydrogen-bond donors (Lipinski definition) is 6. The Morgan fingerprint density at radius 2 is 1.29 bits per heavy atom. The van der Waals surface area contributed by atoms with Gasteiger partial charge in [-0.25, -0.2) is 0 Å². The highest BCUT2D eigenvalue weighted by molar-refractivity contribution is 5.87. The summed E-state index contributed by atoms with van der Waals surface area (Å²) in [6.45, 7) is 3.81. The predicted octanol–water partition coefficient (Wildman–Crippen LogP) is 5.27. The molecule has 0 saturated carbocycles. The summed E-state index contributed by atoms with van der Waals surface area (Å²) in [5.74, 6) is -1.28. The van der Waals surface area contributed by atoms with Crippen LogP contribution in [0.25, 0.3) is 0 Å². The first-order valence-electron chi connectivity index (χ1n) is 20.5. The van der Waals surface area contributed by atoms with E-state index in [0.717, 1.165) is 56.9 Å². The van der Waals surface area contributed by atoms with E-state index in [0.29, 0.717) is 19.4 Å². The van der Waals surface area contributed by atoms with Gasteiger partial charge in [0.2, 0.25) is 17.7 Å². The number of carbonyl (C=O) groups is 3. The number of hydrogen-bond acceptors (Lipinski definition) is 8. The molecule has 1 fully saturated rings. The van der Waals surface area contributed by atoms with Gasteiger partial charge in [-0.15, -0.1) is 0 Å². The van der Waals surface area contributed by atoms with Crippen LogP contribution in [0.3, 0.4) is 0 Å². The van der Waals surface area contributed by atoms with Crippen LogP contribution in [-0.2, 0) is 25.5 Å². The number of nitrogens with one attached hydrogen (secondary N) is 2. The summed E-state index contributed by atoms with van der Waals surface area (Å²) in [6, 6.07) is 7.28. The van der Waals surface area contributed by atoms with E-state index >= 15 is 0 Å². The number of rotatable bonds is 29. The van der Waals surface area contributed by atoms with Crippen molar-refractivity contribution in [1.29, 1.82) is 0 Å². The quantitative estimate of drug-likeness (QED) is 0.0605. The summed E-state index contributed by atoms with van der Waals surface area (Å²) < 4.78 is 6.10. The zero-order valence-corrected chi connectivity index (χ0v) is 32.3. The molecule has 6 atom stereocenters. The highest BCUT2D eigenvalue weighted by Gasteiger charge is 2.48. The van der Waals surface area contributed by atoms with Gasteiger partial charge >= 0.3 is 0 Å².